The molecule has 6 heteroatoms. The highest BCUT2D eigenvalue weighted by Gasteiger charge is 2.17. The Bertz CT molecular complexity index is 722. The summed E-state index contributed by atoms with van der Waals surface area (Å²) >= 11 is 1.07. The molecule has 1 aromatic carbocycles. The minimum atomic E-state index is -0.990. The molecule has 22 heavy (non-hydrogen) atoms. The first-order valence-corrected chi connectivity index (χ1v) is 7.81. The van der Waals surface area contributed by atoms with Crippen molar-refractivity contribution in [3.63, 3.8) is 0 Å². The molecular formula is C16H18N2O3S. The summed E-state index contributed by atoms with van der Waals surface area (Å²) in [5.41, 5.74) is 3.43. The van der Waals surface area contributed by atoms with Gasteiger partial charge in [-0.05, 0) is 31.9 Å². The van der Waals surface area contributed by atoms with Crippen molar-refractivity contribution in [3.8, 4) is 0 Å². The van der Waals surface area contributed by atoms with E-state index in [0.29, 0.717) is 17.1 Å². The van der Waals surface area contributed by atoms with E-state index in [0.717, 1.165) is 28.2 Å². The quantitative estimate of drug-likeness (QED) is 0.887. The maximum absolute atomic E-state index is 12.1. The summed E-state index contributed by atoms with van der Waals surface area (Å²) < 4.78 is 0. The number of hydrogen-bond acceptors (Lipinski definition) is 4. The van der Waals surface area contributed by atoms with E-state index in [2.05, 4.69) is 10.3 Å². The van der Waals surface area contributed by atoms with E-state index < -0.39 is 5.97 Å². The highest BCUT2D eigenvalue weighted by Crippen LogP contribution is 2.21. The first kappa shape index (κ1) is 16.2. The topological polar surface area (TPSA) is 79.3 Å². The van der Waals surface area contributed by atoms with Crippen molar-refractivity contribution in [3.05, 3.63) is 44.9 Å². The lowest BCUT2D eigenvalue weighted by Crippen LogP contribution is -2.15. The minimum Gasteiger partial charge on any atom is -0.477 e. The van der Waals surface area contributed by atoms with Gasteiger partial charge < -0.3 is 10.4 Å². The van der Waals surface area contributed by atoms with Crippen LogP contribution >= 0.6 is 11.3 Å². The van der Waals surface area contributed by atoms with E-state index in [1.807, 2.05) is 39.0 Å². The molecule has 1 heterocycles. The third-order valence-corrected chi connectivity index (χ3v) is 4.32. The number of nitrogens with one attached hydrogen (secondary N) is 1. The third-order valence-electron chi connectivity index (χ3n) is 3.24. The second-order valence-electron chi connectivity index (χ2n) is 5.09. The van der Waals surface area contributed by atoms with E-state index in [-0.39, 0.29) is 17.2 Å². The van der Waals surface area contributed by atoms with E-state index in [4.69, 9.17) is 5.11 Å². The average molecular weight is 318 g/mol. The number of rotatable bonds is 5. The summed E-state index contributed by atoms with van der Waals surface area (Å²) in [6.45, 7) is 5.78. The van der Waals surface area contributed by atoms with Gasteiger partial charge in [-0.25, -0.2) is 9.78 Å². The Balaban J connectivity index is 2.10. The van der Waals surface area contributed by atoms with Crippen LogP contribution in [0.3, 0.4) is 0 Å². The van der Waals surface area contributed by atoms with Gasteiger partial charge in [-0.15, -0.1) is 11.3 Å². The lowest BCUT2D eigenvalue weighted by molar-refractivity contribution is -0.115. The van der Waals surface area contributed by atoms with Crippen LogP contribution in [0.4, 0.5) is 5.69 Å². The number of aryl methyl sites for hydroxylation is 3. The van der Waals surface area contributed by atoms with Gasteiger partial charge in [-0.2, -0.15) is 0 Å². The van der Waals surface area contributed by atoms with Crippen LogP contribution in [0.5, 0.6) is 0 Å². The molecule has 0 saturated heterocycles. The van der Waals surface area contributed by atoms with Gasteiger partial charge in [0.15, 0.2) is 0 Å². The number of amides is 1. The first-order valence-electron chi connectivity index (χ1n) is 6.99. The molecule has 0 unspecified atom stereocenters. The van der Waals surface area contributed by atoms with Gasteiger partial charge in [0.1, 0.15) is 9.88 Å². The molecular weight excluding hydrogens is 300 g/mol. The Labute approximate surface area is 133 Å². The average Bonchev–Trinajstić information content (AvgIpc) is 2.85. The fraction of sp³-hybridized carbons (Fsp3) is 0.312. The van der Waals surface area contributed by atoms with E-state index in [1.165, 1.54) is 0 Å². The summed E-state index contributed by atoms with van der Waals surface area (Å²) in [5.74, 6) is -1.18. The Morgan fingerprint density at radius 2 is 2.05 bits per heavy atom. The molecule has 116 valence electrons. The number of nitrogens with zero attached hydrogens (tertiary/aromatic N) is 1. The molecule has 0 aliphatic heterocycles. The van der Waals surface area contributed by atoms with Gasteiger partial charge in [0, 0.05) is 5.69 Å². The Morgan fingerprint density at radius 1 is 1.32 bits per heavy atom. The van der Waals surface area contributed by atoms with Crippen molar-refractivity contribution in [2.24, 2.45) is 0 Å². The lowest BCUT2D eigenvalue weighted by atomic mass is 10.1. The van der Waals surface area contributed by atoms with Crippen molar-refractivity contribution in [2.45, 2.75) is 33.6 Å². The summed E-state index contributed by atoms with van der Waals surface area (Å²) in [4.78, 5) is 27.7. The molecule has 0 bridgehead atoms. The van der Waals surface area contributed by atoms with E-state index in [9.17, 15) is 9.59 Å². The van der Waals surface area contributed by atoms with Gasteiger partial charge in [0.2, 0.25) is 5.91 Å². The molecule has 0 saturated carbocycles. The predicted octanol–water partition coefficient (Wildman–Crippen LogP) is 3.20. The summed E-state index contributed by atoms with van der Waals surface area (Å²) in [5, 5.41) is 12.5. The number of thiazole rings is 1. The lowest BCUT2D eigenvalue weighted by Gasteiger charge is -2.08. The van der Waals surface area contributed by atoms with Crippen LogP contribution in [-0.4, -0.2) is 22.0 Å². The number of anilines is 1. The molecule has 1 aromatic heterocycles. The van der Waals surface area contributed by atoms with Gasteiger partial charge in [-0.1, -0.05) is 24.6 Å². The third kappa shape index (κ3) is 3.71. The Morgan fingerprint density at radius 3 is 2.59 bits per heavy atom. The number of carbonyl (C=O) groups is 2. The minimum absolute atomic E-state index is 0.0816. The molecule has 5 nitrogen and oxygen atoms in total. The van der Waals surface area contributed by atoms with Gasteiger partial charge in [0.05, 0.1) is 12.1 Å². The summed E-state index contributed by atoms with van der Waals surface area (Å²) in [7, 11) is 0. The standard InChI is InChI=1S/C16H18N2O3S/c1-4-11-15(16(20)21)22-14(18-11)8-13(19)17-12-6-5-9(2)7-10(12)3/h5-7H,4,8H2,1-3H3,(H,17,19)(H,20,21). The molecule has 2 rings (SSSR count). The maximum Gasteiger partial charge on any atom is 0.347 e. The van der Waals surface area contributed by atoms with Crippen LogP contribution in [0.25, 0.3) is 0 Å². The monoisotopic (exact) mass is 318 g/mol. The molecule has 0 spiro atoms. The largest absolute Gasteiger partial charge is 0.477 e. The number of carboxylic acid groups (broad SMARTS) is 1. The van der Waals surface area contributed by atoms with Crippen molar-refractivity contribution in [1.82, 2.24) is 4.98 Å². The van der Waals surface area contributed by atoms with Crippen molar-refractivity contribution in [2.75, 3.05) is 5.32 Å². The number of benzene rings is 1. The molecule has 2 N–H and O–H groups in total. The van der Waals surface area contributed by atoms with Gasteiger partial charge in [0.25, 0.3) is 0 Å². The first-order chi connectivity index (χ1) is 10.4. The van der Waals surface area contributed by atoms with Crippen LogP contribution in [0, 0.1) is 13.8 Å². The molecule has 2 aromatic rings. The predicted molar refractivity (Wildman–Crippen MR) is 86.7 cm³/mol. The summed E-state index contributed by atoms with van der Waals surface area (Å²) in [6, 6.07) is 5.80. The molecule has 0 aliphatic rings. The molecule has 1 amide bonds. The number of carbonyl (C=O) groups excluding carboxylic acids is 1. The van der Waals surface area contributed by atoms with Crippen molar-refractivity contribution in [1.29, 1.82) is 0 Å². The number of carboxylic acids is 1. The fourth-order valence-corrected chi connectivity index (χ4v) is 3.16. The van der Waals surface area contributed by atoms with E-state index in [1.54, 1.807) is 0 Å². The van der Waals surface area contributed by atoms with Crippen LogP contribution in [-0.2, 0) is 17.6 Å². The van der Waals surface area contributed by atoms with Crippen LogP contribution in [0.2, 0.25) is 0 Å². The zero-order valence-corrected chi connectivity index (χ0v) is 13.6. The smallest absolute Gasteiger partial charge is 0.347 e. The molecule has 0 radical (unpaired) electrons. The number of aromatic nitrogens is 1. The fourth-order valence-electron chi connectivity index (χ4n) is 2.17. The highest BCUT2D eigenvalue weighted by molar-refractivity contribution is 7.13. The Hall–Kier alpha value is -2.21. The van der Waals surface area contributed by atoms with Crippen molar-refractivity contribution >= 4 is 28.9 Å². The zero-order chi connectivity index (χ0) is 16.3. The SMILES string of the molecule is CCc1nc(CC(=O)Nc2ccc(C)cc2C)sc1C(=O)O. The van der Waals surface area contributed by atoms with Crippen LogP contribution in [0.1, 0.15) is 38.4 Å². The summed E-state index contributed by atoms with van der Waals surface area (Å²) in [6.07, 6.45) is 0.620. The Kier molecular flexibility index (Phi) is 4.92. The van der Waals surface area contributed by atoms with Gasteiger partial charge in [-0.3, -0.25) is 4.79 Å². The van der Waals surface area contributed by atoms with Crippen molar-refractivity contribution < 1.29 is 14.7 Å². The second kappa shape index (κ2) is 6.70. The van der Waals surface area contributed by atoms with Crippen LogP contribution < -0.4 is 5.32 Å². The number of hydrogen-bond donors (Lipinski definition) is 2. The second-order valence-corrected chi connectivity index (χ2v) is 6.17. The van der Waals surface area contributed by atoms with E-state index >= 15 is 0 Å². The maximum atomic E-state index is 12.1. The van der Waals surface area contributed by atoms with Crippen LogP contribution in [0.15, 0.2) is 18.2 Å². The molecule has 0 atom stereocenters. The highest BCUT2D eigenvalue weighted by atomic mass is 32.1. The number of aromatic carboxylic acids is 1. The van der Waals surface area contributed by atoms with Gasteiger partial charge >= 0.3 is 5.97 Å². The zero-order valence-electron chi connectivity index (χ0n) is 12.8. The molecule has 0 fully saturated rings. The molecule has 0 aliphatic carbocycles. The normalized spacial score (nSPS) is 10.5.